The number of piperidine rings is 1. The molecule has 43 heavy (non-hydrogen) atoms. The van der Waals surface area contributed by atoms with Gasteiger partial charge >= 0.3 is 6.18 Å². The number of fused-ring (bicyclic) bond motifs is 3. The van der Waals surface area contributed by atoms with Gasteiger partial charge in [-0.3, -0.25) is 24.2 Å². The highest BCUT2D eigenvalue weighted by molar-refractivity contribution is 6.24. The van der Waals surface area contributed by atoms with Crippen LogP contribution in [0.15, 0.2) is 23.0 Å². The zero-order chi connectivity index (χ0) is 31.9. The van der Waals surface area contributed by atoms with Gasteiger partial charge in [-0.15, -0.1) is 0 Å². The Hall–Kier alpha value is -3.42. The number of amides is 1. The van der Waals surface area contributed by atoms with Gasteiger partial charge in [0.2, 0.25) is 5.78 Å². The Balaban J connectivity index is 1.69. The average molecular weight is 608 g/mol. The Labute approximate surface area is 246 Å². The lowest BCUT2D eigenvalue weighted by Gasteiger charge is -2.50. The second-order valence-electron chi connectivity index (χ2n) is 12.9. The maximum Gasteiger partial charge on any atom is 0.417 e. The minimum absolute atomic E-state index is 0.0839. The predicted molar refractivity (Wildman–Crippen MR) is 147 cm³/mol. The second-order valence-corrected chi connectivity index (χ2v) is 12.9. The summed E-state index contributed by atoms with van der Waals surface area (Å²) in [4.78, 5) is 42.5. The summed E-state index contributed by atoms with van der Waals surface area (Å²) >= 11 is 0. The van der Waals surface area contributed by atoms with Crippen molar-refractivity contribution in [3.05, 3.63) is 45.2 Å². The molecule has 10 nitrogen and oxygen atoms in total. The molecule has 234 valence electrons. The van der Waals surface area contributed by atoms with Crippen molar-refractivity contribution in [1.29, 1.82) is 0 Å². The number of rotatable bonds is 4. The van der Waals surface area contributed by atoms with Crippen LogP contribution in [0.5, 0.6) is 5.75 Å². The molecule has 1 saturated heterocycles. The van der Waals surface area contributed by atoms with Crippen molar-refractivity contribution >= 4 is 23.2 Å². The number of primary amides is 1. The standard InChI is InChI=1S/C30H36F3N3O7/c1-12-5-13(2)10-36(9-12)11-15-8-18(37)20-16(22(15)30(31,32)33)6-14-7-17-23(35(3)4)25(39)21(28(34)42)27(41)29(17,43)26(40)19(14)24(20)38/h8,12-14,17,23,37-38,41,43H,5-7,9-11H2,1-4H3,(H2,34,42)/t12-,13+,14-,17-,23-,29-/m0/s1. The zero-order valence-electron chi connectivity index (χ0n) is 24.3. The van der Waals surface area contributed by atoms with E-state index in [1.807, 2.05) is 18.7 Å². The van der Waals surface area contributed by atoms with Crippen molar-refractivity contribution in [2.75, 3.05) is 27.2 Å². The van der Waals surface area contributed by atoms with Gasteiger partial charge in [0, 0.05) is 31.1 Å². The highest BCUT2D eigenvalue weighted by Gasteiger charge is 2.64. The molecule has 1 saturated carbocycles. The van der Waals surface area contributed by atoms with Crippen LogP contribution < -0.4 is 5.73 Å². The Morgan fingerprint density at radius 2 is 1.72 bits per heavy atom. The van der Waals surface area contributed by atoms with Gasteiger partial charge in [-0.1, -0.05) is 13.8 Å². The number of aromatic hydroxyl groups is 1. The number of carbonyl (C=O) groups is 3. The number of phenols is 1. The fourth-order valence-corrected chi connectivity index (χ4v) is 8.02. The first kappa shape index (κ1) is 31.0. The van der Waals surface area contributed by atoms with Crippen LogP contribution in [0, 0.1) is 23.7 Å². The third kappa shape index (κ3) is 4.72. The number of halogens is 3. The van der Waals surface area contributed by atoms with Crippen molar-refractivity contribution in [1.82, 2.24) is 9.80 Å². The van der Waals surface area contributed by atoms with E-state index in [1.54, 1.807) is 0 Å². The monoisotopic (exact) mass is 607 g/mol. The summed E-state index contributed by atoms with van der Waals surface area (Å²) in [6.45, 7) is 5.13. The molecule has 0 radical (unpaired) electrons. The smallest absolute Gasteiger partial charge is 0.417 e. The number of likely N-dealkylation sites (tertiary alicyclic amines) is 1. The third-order valence-corrected chi connectivity index (χ3v) is 9.43. The van der Waals surface area contributed by atoms with Crippen molar-refractivity contribution < 1.29 is 48.0 Å². The molecule has 1 aromatic carbocycles. The van der Waals surface area contributed by atoms with Gasteiger partial charge in [-0.05, 0) is 68.3 Å². The summed E-state index contributed by atoms with van der Waals surface area (Å²) in [6, 6.07) is -0.375. The summed E-state index contributed by atoms with van der Waals surface area (Å²) in [6.07, 6.45) is -4.65. The van der Waals surface area contributed by atoms with Gasteiger partial charge in [0.05, 0.1) is 17.2 Å². The van der Waals surface area contributed by atoms with Crippen LogP contribution in [0.4, 0.5) is 13.2 Å². The molecule has 4 aliphatic rings. The lowest BCUT2D eigenvalue weighted by Crippen LogP contribution is -2.65. The molecular formula is C30H36F3N3O7. The number of aliphatic hydroxyl groups is 3. The molecule has 13 heteroatoms. The maximum atomic E-state index is 14.8. The zero-order valence-corrected chi connectivity index (χ0v) is 24.3. The van der Waals surface area contributed by atoms with Crippen LogP contribution >= 0.6 is 0 Å². The van der Waals surface area contributed by atoms with Crippen LogP contribution in [-0.2, 0) is 33.5 Å². The number of nitrogens with two attached hydrogens (primary N) is 1. The molecule has 1 aromatic rings. The van der Waals surface area contributed by atoms with Gasteiger partial charge in [0.25, 0.3) is 5.91 Å². The SMILES string of the molecule is C[C@@H]1C[C@H](C)CN(Cc2cc(O)c3c(c2C(F)(F)F)C[C@H]2C[C@H]4[C@H](N(C)C)C(=O)C(C(N)=O)=C(O)[C@@]4(O)C(=O)C2=C3O)C1. The van der Waals surface area contributed by atoms with Crippen LogP contribution in [0.1, 0.15) is 48.9 Å². The molecule has 3 aliphatic carbocycles. The number of nitrogens with zero attached hydrogens (tertiary/aromatic N) is 2. The Morgan fingerprint density at radius 1 is 1.12 bits per heavy atom. The van der Waals surface area contributed by atoms with E-state index >= 15 is 0 Å². The second kappa shape index (κ2) is 10.3. The Bertz CT molecular complexity index is 1470. The lowest BCUT2D eigenvalue weighted by molar-refractivity contribution is -0.153. The molecule has 0 unspecified atom stereocenters. The maximum absolute atomic E-state index is 14.8. The summed E-state index contributed by atoms with van der Waals surface area (Å²) < 4.78 is 44.3. The van der Waals surface area contributed by atoms with E-state index in [1.165, 1.54) is 19.0 Å². The third-order valence-electron chi connectivity index (χ3n) is 9.43. The number of aliphatic hydroxyl groups excluding tert-OH is 2. The molecule has 6 N–H and O–H groups in total. The van der Waals surface area contributed by atoms with E-state index in [9.17, 15) is 48.0 Å². The number of hydrogen-bond donors (Lipinski definition) is 5. The fourth-order valence-electron chi connectivity index (χ4n) is 8.02. The molecule has 1 amide bonds. The summed E-state index contributed by atoms with van der Waals surface area (Å²) in [5.41, 5.74) is -1.15. The fraction of sp³-hybridized carbons (Fsp3) is 0.567. The van der Waals surface area contributed by atoms with E-state index in [4.69, 9.17) is 5.73 Å². The van der Waals surface area contributed by atoms with Gasteiger partial charge < -0.3 is 26.2 Å². The number of hydrogen-bond acceptors (Lipinski definition) is 9. The Morgan fingerprint density at radius 3 is 2.26 bits per heavy atom. The minimum Gasteiger partial charge on any atom is -0.508 e. The van der Waals surface area contributed by atoms with Crippen LogP contribution in [0.2, 0.25) is 0 Å². The molecule has 6 atom stereocenters. The van der Waals surface area contributed by atoms with Crippen molar-refractivity contribution in [2.45, 2.75) is 57.5 Å². The molecule has 5 rings (SSSR count). The molecule has 0 aromatic heterocycles. The van der Waals surface area contributed by atoms with Crippen LogP contribution in [-0.4, -0.2) is 86.5 Å². The minimum atomic E-state index is -4.87. The molecule has 1 heterocycles. The van der Waals surface area contributed by atoms with Crippen LogP contribution in [0.25, 0.3) is 5.76 Å². The number of carbonyl (C=O) groups excluding carboxylic acids is 3. The summed E-state index contributed by atoms with van der Waals surface area (Å²) in [5, 5.41) is 44.9. The molecule has 1 aliphatic heterocycles. The van der Waals surface area contributed by atoms with Gasteiger partial charge in [0.15, 0.2) is 11.4 Å². The number of benzene rings is 1. The predicted octanol–water partition coefficient (Wildman–Crippen LogP) is 2.46. The van der Waals surface area contributed by atoms with Gasteiger partial charge in [-0.2, -0.15) is 13.2 Å². The van der Waals surface area contributed by atoms with E-state index in [0.29, 0.717) is 13.1 Å². The number of likely N-dealkylation sites (N-methyl/N-ethyl adjacent to an activating group) is 1. The Kier molecular flexibility index (Phi) is 7.46. The first-order valence-electron chi connectivity index (χ1n) is 14.2. The first-order chi connectivity index (χ1) is 19.9. The number of Topliss-reactive ketones (excluding diaryl/α,β-unsaturated/α-hetero) is 2. The van der Waals surface area contributed by atoms with Gasteiger partial charge in [-0.25, -0.2) is 0 Å². The quantitative estimate of drug-likeness (QED) is 0.324. The topological polar surface area (TPSA) is 165 Å². The average Bonchev–Trinajstić information content (AvgIpc) is 2.84. The number of ketones is 2. The largest absolute Gasteiger partial charge is 0.508 e. The summed E-state index contributed by atoms with van der Waals surface area (Å²) in [5.74, 6) is -8.40. The molecule has 0 bridgehead atoms. The van der Waals surface area contributed by atoms with Crippen molar-refractivity contribution in [2.24, 2.45) is 29.4 Å². The van der Waals surface area contributed by atoms with Crippen LogP contribution in [0.3, 0.4) is 0 Å². The number of alkyl halides is 3. The number of phenolic OH excluding ortho intramolecular Hbond substituents is 1. The lowest BCUT2D eigenvalue weighted by atomic mass is 9.57. The van der Waals surface area contributed by atoms with Crippen molar-refractivity contribution in [3.8, 4) is 5.75 Å². The van der Waals surface area contributed by atoms with E-state index in [2.05, 4.69) is 0 Å². The van der Waals surface area contributed by atoms with E-state index < -0.39 is 93.1 Å². The highest BCUT2D eigenvalue weighted by atomic mass is 19.4. The van der Waals surface area contributed by atoms with Crippen molar-refractivity contribution in [3.63, 3.8) is 0 Å². The molecular weight excluding hydrogens is 571 g/mol. The van der Waals surface area contributed by atoms with E-state index in [0.717, 1.165) is 12.5 Å². The normalized spacial score (nSPS) is 31.7. The highest BCUT2D eigenvalue weighted by Crippen LogP contribution is 2.54. The van der Waals surface area contributed by atoms with E-state index in [-0.39, 0.29) is 35.9 Å². The molecule has 0 spiro atoms. The molecule has 2 fully saturated rings. The summed E-state index contributed by atoms with van der Waals surface area (Å²) in [7, 11) is 2.89. The van der Waals surface area contributed by atoms with Gasteiger partial charge in [0.1, 0.15) is 22.8 Å². The first-order valence-corrected chi connectivity index (χ1v) is 14.2.